The number of nitrogens with two attached hydrogens (primary N) is 1. The van der Waals surface area contributed by atoms with E-state index in [-0.39, 0.29) is 5.91 Å². The topological polar surface area (TPSA) is 58.4 Å². The molecule has 0 bridgehead atoms. The maximum Gasteiger partial charge on any atom is 0.248 e. The lowest BCUT2D eigenvalue weighted by Crippen LogP contribution is -2.40. The molecular weight excluding hydrogens is 262 g/mol. The summed E-state index contributed by atoms with van der Waals surface area (Å²) in [6.45, 7) is 8.64. The van der Waals surface area contributed by atoms with Crippen LogP contribution in [0.3, 0.4) is 0 Å². The van der Waals surface area contributed by atoms with Gasteiger partial charge >= 0.3 is 0 Å². The lowest BCUT2D eigenvalue weighted by Gasteiger charge is -2.33. The van der Waals surface area contributed by atoms with Crippen molar-refractivity contribution in [3.05, 3.63) is 35.4 Å². The third kappa shape index (κ3) is 5.14. The Morgan fingerprint density at radius 1 is 1.48 bits per heavy atom. The van der Waals surface area contributed by atoms with Crippen LogP contribution in [0.25, 0.3) is 0 Å². The standard InChI is InChI=1S/C17H27N3O/c1-13(2)19-10-15-6-4-8-20(12-15)11-14-5-3-7-16(9-14)17(18)21/h3,5,7,9,13,15,19H,4,6,8,10-12H2,1-2H3,(H2,18,21). The van der Waals surface area contributed by atoms with Crippen LogP contribution in [0.2, 0.25) is 0 Å². The second kappa shape index (κ2) is 7.57. The van der Waals surface area contributed by atoms with Crippen LogP contribution in [0.15, 0.2) is 24.3 Å². The van der Waals surface area contributed by atoms with Crippen LogP contribution in [0, 0.1) is 5.92 Å². The molecule has 116 valence electrons. The molecule has 1 amide bonds. The Morgan fingerprint density at radius 2 is 2.29 bits per heavy atom. The van der Waals surface area contributed by atoms with Gasteiger partial charge in [0.05, 0.1) is 0 Å². The van der Waals surface area contributed by atoms with Gasteiger partial charge in [0.1, 0.15) is 0 Å². The first-order chi connectivity index (χ1) is 10.0. The summed E-state index contributed by atoms with van der Waals surface area (Å²) in [6.07, 6.45) is 2.55. The van der Waals surface area contributed by atoms with Crippen LogP contribution in [0.1, 0.15) is 42.6 Å². The van der Waals surface area contributed by atoms with E-state index in [9.17, 15) is 4.79 Å². The molecule has 1 unspecified atom stereocenters. The van der Waals surface area contributed by atoms with Gasteiger partial charge in [0.2, 0.25) is 5.91 Å². The summed E-state index contributed by atoms with van der Waals surface area (Å²) in [7, 11) is 0. The van der Waals surface area contributed by atoms with E-state index in [1.54, 1.807) is 6.07 Å². The Balaban J connectivity index is 1.90. The average Bonchev–Trinajstić information content (AvgIpc) is 2.46. The van der Waals surface area contributed by atoms with E-state index < -0.39 is 0 Å². The third-order valence-corrected chi connectivity index (χ3v) is 4.04. The van der Waals surface area contributed by atoms with E-state index in [4.69, 9.17) is 5.73 Å². The molecule has 0 saturated carbocycles. The van der Waals surface area contributed by atoms with E-state index in [0.29, 0.717) is 11.6 Å². The molecule has 1 aromatic carbocycles. The molecule has 0 radical (unpaired) electrons. The number of hydrogen-bond donors (Lipinski definition) is 2. The summed E-state index contributed by atoms with van der Waals surface area (Å²) in [4.78, 5) is 13.7. The molecular formula is C17H27N3O. The fraction of sp³-hybridized carbons (Fsp3) is 0.588. The maximum atomic E-state index is 11.2. The monoisotopic (exact) mass is 289 g/mol. The molecule has 1 aliphatic heterocycles. The van der Waals surface area contributed by atoms with Crippen molar-refractivity contribution in [2.45, 2.75) is 39.3 Å². The predicted octanol–water partition coefficient (Wildman–Crippen LogP) is 2.00. The summed E-state index contributed by atoms with van der Waals surface area (Å²) in [5.74, 6) is 0.370. The highest BCUT2D eigenvalue weighted by molar-refractivity contribution is 5.92. The summed E-state index contributed by atoms with van der Waals surface area (Å²) in [5, 5.41) is 3.54. The summed E-state index contributed by atoms with van der Waals surface area (Å²) < 4.78 is 0. The molecule has 0 spiro atoms. The van der Waals surface area contributed by atoms with Gasteiger partial charge in [0.15, 0.2) is 0 Å². The first-order valence-corrected chi connectivity index (χ1v) is 7.89. The highest BCUT2D eigenvalue weighted by Gasteiger charge is 2.20. The number of piperidine rings is 1. The van der Waals surface area contributed by atoms with E-state index in [1.807, 2.05) is 12.1 Å². The summed E-state index contributed by atoms with van der Waals surface area (Å²) >= 11 is 0. The van der Waals surface area contributed by atoms with Crippen LogP contribution in [-0.2, 0) is 6.54 Å². The predicted molar refractivity (Wildman–Crippen MR) is 86.1 cm³/mol. The Morgan fingerprint density at radius 3 is 3.00 bits per heavy atom. The van der Waals surface area contributed by atoms with E-state index >= 15 is 0 Å². The van der Waals surface area contributed by atoms with E-state index in [0.717, 1.165) is 32.1 Å². The molecule has 2 rings (SSSR count). The van der Waals surface area contributed by atoms with Gasteiger partial charge in [-0.1, -0.05) is 26.0 Å². The zero-order chi connectivity index (χ0) is 15.2. The smallest absolute Gasteiger partial charge is 0.248 e. The van der Waals surface area contributed by atoms with Gasteiger partial charge in [-0.25, -0.2) is 0 Å². The minimum absolute atomic E-state index is 0.352. The second-order valence-electron chi connectivity index (χ2n) is 6.37. The van der Waals surface area contributed by atoms with Crippen molar-refractivity contribution in [3.8, 4) is 0 Å². The fourth-order valence-electron chi connectivity index (χ4n) is 2.95. The Kier molecular flexibility index (Phi) is 5.76. The number of carbonyl (C=O) groups is 1. The molecule has 0 aliphatic carbocycles. The molecule has 21 heavy (non-hydrogen) atoms. The van der Waals surface area contributed by atoms with Gasteiger partial charge in [-0.15, -0.1) is 0 Å². The van der Waals surface area contributed by atoms with E-state index in [2.05, 4.69) is 30.1 Å². The molecule has 1 saturated heterocycles. The number of carbonyl (C=O) groups excluding carboxylic acids is 1. The zero-order valence-corrected chi connectivity index (χ0v) is 13.1. The van der Waals surface area contributed by atoms with Crippen LogP contribution < -0.4 is 11.1 Å². The van der Waals surface area contributed by atoms with Crippen molar-refractivity contribution in [2.24, 2.45) is 11.7 Å². The van der Waals surface area contributed by atoms with Crippen molar-refractivity contribution < 1.29 is 4.79 Å². The highest BCUT2D eigenvalue weighted by atomic mass is 16.1. The average molecular weight is 289 g/mol. The van der Waals surface area contributed by atoms with Crippen molar-refractivity contribution in [1.29, 1.82) is 0 Å². The van der Waals surface area contributed by atoms with Gasteiger partial charge in [-0.2, -0.15) is 0 Å². The van der Waals surface area contributed by atoms with Crippen LogP contribution in [0.5, 0.6) is 0 Å². The van der Waals surface area contributed by atoms with Crippen molar-refractivity contribution in [1.82, 2.24) is 10.2 Å². The lowest BCUT2D eigenvalue weighted by atomic mass is 9.97. The van der Waals surface area contributed by atoms with Crippen molar-refractivity contribution in [3.63, 3.8) is 0 Å². The number of hydrogen-bond acceptors (Lipinski definition) is 3. The van der Waals surface area contributed by atoms with Gasteiger partial charge in [0, 0.05) is 24.7 Å². The van der Waals surface area contributed by atoms with Gasteiger partial charge in [-0.05, 0) is 49.5 Å². The van der Waals surface area contributed by atoms with Crippen LogP contribution >= 0.6 is 0 Å². The Bertz CT molecular complexity index is 473. The Hall–Kier alpha value is -1.39. The van der Waals surface area contributed by atoms with Crippen molar-refractivity contribution >= 4 is 5.91 Å². The van der Waals surface area contributed by atoms with Crippen molar-refractivity contribution in [2.75, 3.05) is 19.6 Å². The first-order valence-electron chi connectivity index (χ1n) is 7.89. The minimum atomic E-state index is -0.352. The number of rotatable bonds is 6. The molecule has 0 aromatic heterocycles. The Labute approximate surface area is 127 Å². The number of primary amides is 1. The fourth-order valence-corrected chi connectivity index (χ4v) is 2.95. The van der Waals surface area contributed by atoms with Crippen LogP contribution in [-0.4, -0.2) is 36.5 Å². The SMILES string of the molecule is CC(C)NCC1CCCN(Cc2cccc(C(N)=O)c2)C1. The lowest BCUT2D eigenvalue weighted by molar-refractivity contribution is 0.1000. The third-order valence-electron chi connectivity index (χ3n) is 4.04. The largest absolute Gasteiger partial charge is 0.366 e. The highest BCUT2D eigenvalue weighted by Crippen LogP contribution is 2.18. The molecule has 1 aliphatic rings. The molecule has 1 heterocycles. The minimum Gasteiger partial charge on any atom is -0.366 e. The zero-order valence-electron chi connectivity index (χ0n) is 13.1. The molecule has 1 atom stereocenters. The number of amides is 1. The molecule has 1 fully saturated rings. The van der Waals surface area contributed by atoms with Gasteiger partial charge < -0.3 is 11.1 Å². The first kappa shape index (κ1) is 16.0. The molecule has 4 heteroatoms. The summed E-state index contributed by atoms with van der Waals surface area (Å²) in [5.41, 5.74) is 7.11. The van der Waals surface area contributed by atoms with E-state index in [1.165, 1.54) is 18.4 Å². The number of nitrogens with one attached hydrogen (secondary N) is 1. The maximum absolute atomic E-state index is 11.2. The number of likely N-dealkylation sites (tertiary alicyclic amines) is 1. The number of benzene rings is 1. The van der Waals surface area contributed by atoms with Crippen LogP contribution in [0.4, 0.5) is 0 Å². The van der Waals surface area contributed by atoms with Gasteiger partial charge in [-0.3, -0.25) is 9.69 Å². The molecule has 3 N–H and O–H groups in total. The second-order valence-corrected chi connectivity index (χ2v) is 6.37. The normalized spacial score (nSPS) is 19.9. The van der Waals surface area contributed by atoms with Gasteiger partial charge in [0.25, 0.3) is 0 Å². The summed E-state index contributed by atoms with van der Waals surface area (Å²) in [6, 6.07) is 8.22. The number of nitrogens with zero attached hydrogens (tertiary/aromatic N) is 1. The molecule has 4 nitrogen and oxygen atoms in total. The molecule has 1 aromatic rings. The quantitative estimate of drug-likeness (QED) is 0.842.